The zero-order valence-electron chi connectivity index (χ0n) is 7.95. The van der Waals surface area contributed by atoms with Crippen molar-refractivity contribution in [3.8, 4) is 5.81 Å². The number of carbonyl (C=O) groups excluding carboxylic acids is 1. The van der Waals surface area contributed by atoms with Crippen molar-refractivity contribution in [3.63, 3.8) is 0 Å². The van der Waals surface area contributed by atoms with Gasteiger partial charge in [-0.1, -0.05) is 0 Å². The van der Waals surface area contributed by atoms with Crippen LogP contribution in [0.2, 0.25) is 0 Å². The summed E-state index contributed by atoms with van der Waals surface area (Å²) in [5.41, 5.74) is 0.167. The van der Waals surface area contributed by atoms with Crippen LogP contribution in [0.4, 0.5) is 0 Å². The minimum atomic E-state index is -0.451. The van der Waals surface area contributed by atoms with E-state index >= 15 is 0 Å². The fraction of sp³-hybridized carbons (Fsp3) is 0.250. The maximum absolute atomic E-state index is 11.4. The fourth-order valence-corrected chi connectivity index (χ4v) is 1.28. The molecule has 0 bridgehead atoms. The number of aliphatic imine (C=N–C) groups is 4. The molecule has 0 saturated carbocycles. The number of nitrogens with zero attached hydrogens (tertiary/aromatic N) is 4. The molecule has 0 aliphatic carbocycles. The second-order valence-corrected chi connectivity index (χ2v) is 3.14. The first kappa shape index (κ1) is 10.8. The van der Waals surface area contributed by atoms with Gasteiger partial charge in [0.1, 0.15) is 0 Å². The molecule has 0 aromatic carbocycles. The Labute approximate surface area is 91.2 Å². The summed E-state index contributed by atoms with van der Waals surface area (Å²) in [6, 6.07) is 0. The summed E-state index contributed by atoms with van der Waals surface area (Å²) in [7, 11) is -0.319. The van der Waals surface area contributed by atoms with Crippen LogP contribution in [-0.4, -0.2) is 36.2 Å². The molecule has 2 aliphatic heterocycles. The van der Waals surface area contributed by atoms with Crippen molar-refractivity contribution in [2.45, 2.75) is 6.42 Å². The molecule has 2 rings (SSSR count). The van der Waals surface area contributed by atoms with E-state index in [9.17, 15) is 9.36 Å². The summed E-state index contributed by atoms with van der Waals surface area (Å²) in [4.78, 5) is 26.7. The Morgan fingerprint density at radius 3 is 3.12 bits per heavy atom. The van der Waals surface area contributed by atoms with Crippen LogP contribution >= 0.6 is 7.92 Å². The first-order valence-corrected chi connectivity index (χ1v) is 5.13. The Kier molecular flexibility index (Phi) is 3.31. The van der Waals surface area contributed by atoms with Crippen LogP contribution in [0.15, 0.2) is 20.0 Å². The minimum absolute atomic E-state index is 0.167. The SMILES string of the molecule is O=P#COCCC1=NC(=O)C2=NC=NC2=N1. The molecule has 8 heteroatoms. The summed E-state index contributed by atoms with van der Waals surface area (Å²) in [6.45, 7) is 0.203. The number of hydrogen-bond donors (Lipinski definition) is 0. The van der Waals surface area contributed by atoms with Gasteiger partial charge in [0.25, 0.3) is 0 Å². The molecule has 0 atom stereocenters. The van der Waals surface area contributed by atoms with Crippen molar-refractivity contribution < 1.29 is 14.1 Å². The number of amidine groups is 2. The number of fused-ring (bicyclic) bond motifs is 1. The number of amides is 1. The Balaban J connectivity index is 2.03. The van der Waals surface area contributed by atoms with E-state index in [1.165, 1.54) is 6.34 Å². The first-order valence-electron chi connectivity index (χ1n) is 4.31. The molecule has 0 saturated heterocycles. The van der Waals surface area contributed by atoms with Gasteiger partial charge in [0, 0.05) is 0 Å². The van der Waals surface area contributed by atoms with Gasteiger partial charge in [-0.05, 0) is 0 Å². The van der Waals surface area contributed by atoms with Crippen LogP contribution in [0.1, 0.15) is 6.42 Å². The van der Waals surface area contributed by atoms with Gasteiger partial charge in [-0.15, -0.1) is 0 Å². The third-order valence-corrected chi connectivity index (χ3v) is 1.98. The molecule has 0 aromatic rings. The Morgan fingerprint density at radius 1 is 1.44 bits per heavy atom. The number of ether oxygens (including phenoxy) is 1. The van der Waals surface area contributed by atoms with Gasteiger partial charge >= 0.3 is 90.5 Å². The second-order valence-electron chi connectivity index (χ2n) is 2.77. The molecule has 16 heavy (non-hydrogen) atoms. The zero-order valence-corrected chi connectivity index (χ0v) is 8.85. The van der Waals surface area contributed by atoms with Gasteiger partial charge in [-0.25, -0.2) is 0 Å². The Morgan fingerprint density at radius 2 is 2.31 bits per heavy atom. The first-order chi connectivity index (χ1) is 7.81. The molecule has 0 spiro atoms. The Bertz CT molecular complexity index is 555. The van der Waals surface area contributed by atoms with E-state index in [4.69, 9.17) is 4.74 Å². The molecule has 0 radical (unpaired) electrons. The van der Waals surface area contributed by atoms with Crippen LogP contribution in [0.25, 0.3) is 0 Å². The van der Waals surface area contributed by atoms with Crippen molar-refractivity contribution in [2.75, 3.05) is 6.61 Å². The normalized spacial score (nSPS) is 17.2. The van der Waals surface area contributed by atoms with E-state index in [2.05, 4.69) is 25.8 Å². The van der Waals surface area contributed by atoms with Gasteiger partial charge in [-0.2, -0.15) is 0 Å². The molecule has 2 aliphatic rings. The molecule has 2 heterocycles. The summed E-state index contributed by atoms with van der Waals surface area (Å²) >= 11 is 0. The van der Waals surface area contributed by atoms with Gasteiger partial charge in [0.15, 0.2) is 0 Å². The van der Waals surface area contributed by atoms with E-state index in [0.717, 1.165) is 0 Å². The fourth-order valence-electron chi connectivity index (χ4n) is 1.14. The predicted octanol–water partition coefficient (Wildman–Crippen LogP) is 0.422. The molecule has 1 amide bonds. The van der Waals surface area contributed by atoms with Crippen molar-refractivity contribution in [2.24, 2.45) is 20.0 Å². The van der Waals surface area contributed by atoms with Crippen molar-refractivity contribution in [1.29, 1.82) is 0 Å². The zero-order chi connectivity index (χ0) is 11.4. The summed E-state index contributed by atoms with van der Waals surface area (Å²) in [5, 5.41) is 0. The van der Waals surface area contributed by atoms with Crippen LogP contribution in [-0.2, 0) is 14.1 Å². The molecular formula is C8H5N4O3P. The quantitative estimate of drug-likeness (QED) is 0.525. The van der Waals surface area contributed by atoms with Gasteiger partial charge in [0.05, 0.1) is 0 Å². The average Bonchev–Trinajstić information content (AvgIpc) is 2.73. The van der Waals surface area contributed by atoms with Crippen molar-refractivity contribution >= 4 is 37.5 Å². The van der Waals surface area contributed by atoms with Gasteiger partial charge in [-0.3, -0.25) is 0 Å². The number of hydrogen-bond acceptors (Lipinski definition) is 6. The predicted molar refractivity (Wildman–Crippen MR) is 57.9 cm³/mol. The second kappa shape index (κ2) is 4.90. The van der Waals surface area contributed by atoms with Crippen LogP contribution in [0.5, 0.6) is 0 Å². The third-order valence-electron chi connectivity index (χ3n) is 1.78. The molecule has 0 aromatic heterocycles. The van der Waals surface area contributed by atoms with Gasteiger partial charge in [0.2, 0.25) is 0 Å². The van der Waals surface area contributed by atoms with E-state index in [-0.39, 0.29) is 26.1 Å². The summed E-state index contributed by atoms with van der Waals surface area (Å²) in [6.07, 6.45) is 1.58. The Hall–Kier alpha value is -1.68. The number of carbonyl (C=O) groups is 1. The molecule has 0 N–H and O–H groups in total. The average molecular weight is 236 g/mol. The van der Waals surface area contributed by atoms with Crippen molar-refractivity contribution in [1.82, 2.24) is 0 Å². The van der Waals surface area contributed by atoms with Crippen LogP contribution in [0.3, 0.4) is 0 Å². The van der Waals surface area contributed by atoms with Crippen molar-refractivity contribution in [3.05, 3.63) is 0 Å². The third kappa shape index (κ3) is 2.28. The molecule has 80 valence electrons. The summed E-state index contributed by atoms with van der Waals surface area (Å²) < 4.78 is 14.7. The van der Waals surface area contributed by atoms with Crippen LogP contribution < -0.4 is 0 Å². The van der Waals surface area contributed by atoms with Gasteiger partial charge < -0.3 is 0 Å². The van der Waals surface area contributed by atoms with E-state index in [0.29, 0.717) is 12.3 Å². The maximum atomic E-state index is 11.4. The molecule has 0 unspecified atom stereocenters. The molecule has 0 fully saturated rings. The standard InChI is InChI=1S/C8H5N4O3P/c13-8-6-7(10-3-9-6)11-5(12-8)1-2-15-4-16-14/h3H,1-2H2. The van der Waals surface area contributed by atoms with E-state index in [1.54, 1.807) is 0 Å². The summed E-state index contributed by atoms with van der Waals surface area (Å²) in [5.74, 6) is 2.27. The van der Waals surface area contributed by atoms with E-state index < -0.39 is 5.91 Å². The molecule has 7 nitrogen and oxygen atoms in total. The topological polar surface area (TPSA) is 92.8 Å². The molecular weight excluding hydrogens is 231 g/mol. The monoisotopic (exact) mass is 236 g/mol. The van der Waals surface area contributed by atoms with Crippen LogP contribution in [0, 0.1) is 5.81 Å². The van der Waals surface area contributed by atoms with E-state index in [1.807, 2.05) is 0 Å². The number of rotatable bonds is 3.